The number of hydrogen-bond donors (Lipinski definition) is 0. The molecule has 5 rings (SSSR count). The molecule has 1 aliphatic carbocycles. The predicted molar refractivity (Wildman–Crippen MR) is 144 cm³/mol. The summed E-state index contributed by atoms with van der Waals surface area (Å²) < 4.78 is 2.26. The van der Waals surface area contributed by atoms with E-state index in [1.54, 1.807) is 6.92 Å². The topological polar surface area (TPSA) is 53.5 Å². The van der Waals surface area contributed by atoms with Crippen molar-refractivity contribution in [1.29, 1.82) is 0 Å². The minimum atomic E-state index is 0.145. The first-order valence-corrected chi connectivity index (χ1v) is 14.4. The fourth-order valence-corrected chi connectivity index (χ4v) is 7.87. The lowest BCUT2D eigenvalue weighted by atomic mass is 9.76. The third kappa shape index (κ3) is 5.36. The number of nitrogens with zero attached hydrogens (tertiary/aromatic N) is 3. The Kier molecular flexibility index (Phi) is 7.63. The Morgan fingerprint density at radius 2 is 1.66 bits per heavy atom. The average Bonchev–Trinajstić information content (AvgIpc) is 3.02. The molecule has 1 atom stereocenters. The number of pyridine rings is 1. The Bertz CT molecular complexity index is 1110. The lowest BCUT2D eigenvalue weighted by Crippen LogP contribution is -2.42. The largest absolute Gasteiger partial charge is 0.343 e. The van der Waals surface area contributed by atoms with Crippen LogP contribution in [0.5, 0.6) is 0 Å². The van der Waals surface area contributed by atoms with E-state index in [-0.39, 0.29) is 17.7 Å². The van der Waals surface area contributed by atoms with Crippen molar-refractivity contribution in [2.24, 2.45) is 11.8 Å². The van der Waals surface area contributed by atoms with Gasteiger partial charge in [0.25, 0.3) is 0 Å². The van der Waals surface area contributed by atoms with Crippen LogP contribution in [0.3, 0.4) is 0 Å². The molecular weight excluding hydrogens is 570 g/mol. The number of hydrogen-bond acceptors (Lipinski definition) is 3. The zero-order chi connectivity index (χ0) is 24.5. The summed E-state index contributed by atoms with van der Waals surface area (Å²) >= 11 is 7.57. The normalized spacial score (nSPS) is 21.3. The van der Waals surface area contributed by atoms with Crippen LogP contribution in [-0.2, 0) is 22.4 Å². The Balaban J connectivity index is 1.29. The van der Waals surface area contributed by atoms with Gasteiger partial charge in [-0.05, 0) is 85.3 Å². The summed E-state index contributed by atoms with van der Waals surface area (Å²) in [6.07, 6.45) is 8.44. The fraction of sp³-hybridized carbons (Fsp3) is 0.536. The maximum absolute atomic E-state index is 13.1. The smallest absolute Gasteiger partial charge is 0.222 e. The number of carbonyl (C=O) groups is 2. The fourth-order valence-electron chi connectivity index (χ4n) is 6.31. The van der Waals surface area contributed by atoms with Gasteiger partial charge in [0.15, 0.2) is 0 Å². The minimum absolute atomic E-state index is 0.145. The monoisotopic (exact) mass is 601 g/mol. The molecule has 2 aromatic rings. The van der Waals surface area contributed by atoms with Crippen molar-refractivity contribution in [3.05, 3.63) is 61.8 Å². The molecule has 0 N–H and O–H groups in total. The van der Waals surface area contributed by atoms with E-state index in [2.05, 4.69) is 61.0 Å². The summed E-state index contributed by atoms with van der Waals surface area (Å²) in [5.41, 5.74) is 5.35. The maximum atomic E-state index is 13.1. The minimum Gasteiger partial charge on any atom is -0.343 e. The number of halogens is 2. The number of benzene rings is 1. The number of carbonyl (C=O) groups excluding carboxylic acids is 2. The van der Waals surface area contributed by atoms with Gasteiger partial charge in [0.1, 0.15) is 0 Å². The van der Waals surface area contributed by atoms with E-state index < -0.39 is 0 Å². The van der Waals surface area contributed by atoms with Crippen LogP contribution in [0.1, 0.15) is 67.3 Å². The molecule has 2 amide bonds. The van der Waals surface area contributed by atoms with Crippen LogP contribution in [0, 0.1) is 11.8 Å². The third-order valence-electron chi connectivity index (χ3n) is 8.26. The van der Waals surface area contributed by atoms with Crippen molar-refractivity contribution in [2.75, 3.05) is 26.2 Å². The molecule has 3 aliphatic rings. The zero-order valence-electron chi connectivity index (χ0n) is 20.3. The second-order valence-corrected chi connectivity index (χ2v) is 12.1. The molecule has 0 bridgehead atoms. The van der Waals surface area contributed by atoms with Crippen molar-refractivity contribution in [3.63, 3.8) is 0 Å². The van der Waals surface area contributed by atoms with Gasteiger partial charge < -0.3 is 9.80 Å². The van der Waals surface area contributed by atoms with Crippen molar-refractivity contribution in [1.82, 2.24) is 14.8 Å². The molecular formula is C28H33Br2N3O2. The van der Waals surface area contributed by atoms with Crippen molar-refractivity contribution in [2.45, 2.75) is 57.8 Å². The van der Waals surface area contributed by atoms with Crippen LogP contribution in [0.15, 0.2) is 39.4 Å². The Morgan fingerprint density at radius 1 is 0.971 bits per heavy atom. The Hall–Kier alpha value is -1.73. The van der Waals surface area contributed by atoms with Crippen LogP contribution in [0.25, 0.3) is 0 Å². The number of aryl methyl sites for hydroxylation is 2. The number of fused-ring (bicyclic) bond motifs is 2. The van der Waals surface area contributed by atoms with Crippen LogP contribution < -0.4 is 0 Å². The van der Waals surface area contributed by atoms with Gasteiger partial charge in [-0.3, -0.25) is 14.6 Å². The van der Waals surface area contributed by atoms with E-state index in [9.17, 15) is 9.59 Å². The number of aromatic nitrogens is 1. The van der Waals surface area contributed by atoms with Crippen LogP contribution >= 0.6 is 31.9 Å². The number of likely N-dealkylation sites (tertiary alicyclic amines) is 2. The van der Waals surface area contributed by atoms with Crippen LogP contribution in [-0.4, -0.2) is 52.8 Å². The third-order valence-corrected chi connectivity index (χ3v) is 9.38. The SMILES string of the molecule is CC(=O)N1CCC(CC(=O)N2CCC([C@H]3c4ncccc4CCc4cc(Br)cc(Br)c43)CC2)CC1. The van der Waals surface area contributed by atoms with Gasteiger partial charge in [-0.1, -0.05) is 37.9 Å². The molecule has 0 radical (unpaired) electrons. The van der Waals surface area contributed by atoms with Crippen LogP contribution in [0.2, 0.25) is 0 Å². The van der Waals surface area contributed by atoms with Gasteiger partial charge in [-0.2, -0.15) is 0 Å². The van der Waals surface area contributed by atoms with Gasteiger partial charge in [-0.15, -0.1) is 0 Å². The summed E-state index contributed by atoms with van der Waals surface area (Å²) in [4.78, 5) is 33.6. The number of piperidine rings is 2. The Labute approximate surface area is 224 Å². The summed E-state index contributed by atoms with van der Waals surface area (Å²) in [6, 6.07) is 8.73. The highest BCUT2D eigenvalue weighted by Crippen LogP contribution is 2.45. The molecule has 0 saturated carbocycles. The molecule has 3 heterocycles. The van der Waals surface area contributed by atoms with E-state index in [1.165, 1.54) is 22.4 Å². The van der Waals surface area contributed by atoms with Gasteiger partial charge in [-0.25, -0.2) is 0 Å². The predicted octanol–water partition coefficient (Wildman–Crippen LogP) is 5.72. The summed E-state index contributed by atoms with van der Waals surface area (Å²) in [5.74, 6) is 1.54. The van der Waals surface area contributed by atoms with Gasteiger partial charge in [0.05, 0.1) is 5.69 Å². The summed E-state index contributed by atoms with van der Waals surface area (Å²) in [7, 11) is 0. The standard InChI is InChI=1S/C28H33Br2N3O2/c1-18(34)32-11-6-19(7-12-32)15-25(35)33-13-8-20(9-14-33)27-26-22(16-23(29)17-24(26)30)5-4-21-3-2-10-31-28(21)27/h2-3,10,16-17,19-20,27H,4-9,11-15H2,1H3/t27-/m1/s1. The summed E-state index contributed by atoms with van der Waals surface area (Å²) in [6.45, 7) is 4.84. The second kappa shape index (κ2) is 10.7. The van der Waals surface area contributed by atoms with Crippen LogP contribution in [0.4, 0.5) is 0 Å². The maximum Gasteiger partial charge on any atom is 0.222 e. The molecule has 2 aliphatic heterocycles. The lowest BCUT2D eigenvalue weighted by molar-refractivity contribution is -0.134. The molecule has 5 nitrogen and oxygen atoms in total. The van der Waals surface area contributed by atoms with Gasteiger partial charge in [0.2, 0.25) is 11.8 Å². The second-order valence-electron chi connectivity index (χ2n) is 10.4. The molecule has 2 fully saturated rings. The quantitative estimate of drug-likeness (QED) is 0.451. The van der Waals surface area contributed by atoms with Crippen molar-refractivity contribution in [3.8, 4) is 0 Å². The molecule has 7 heteroatoms. The molecule has 1 aromatic heterocycles. The molecule has 2 saturated heterocycles. The van der Waals surface area contributed by atoms with E-state index in [0.29, 0.717) is 18.3 Å². The van der Waals surface area contributed by atoms with E-state index in [0.717, 1.165) is 73.6 Å². The van der Waals surface area contributed by atoms with Gasteiger partial charge in [0, 0.05) is 60.6 Å². The van der Waals surface area contributed by atoms with E-state index in [4.69, 9.17) is 4.98 Å². The molecule has 1 aromatic carbocycles. The van der Waals surface area contributed by atoms with Gasteiger partial charge >= 0.3 is 0 Å². The first-order valence-electron chi connectivity index (χ1n) is 12.9. The Morgan fingerprint density at radius 3 is 2.37 bits per heavy atom. The molecule has 186 valence electrons. The molecule has 0 spiro atoms. The molecule has 0 unspecified atom stereocenters. The summed E-state index contributed by atoms with van der Waals surface area (Å²) in [5, 5.41) is 0. The first kappa shape index (κ1) is 24.9. The highest BCUT2D eigenvalue weighted by molar-refractivity contribution is 9.11. The first-order chi connectivity index (χ1) is 16.9. The number of rotatable bonds is 3. The number of amides is 2. The lowest BCUT2D eigenvalue weighted by Gasteiger charge is -2.38. The van der Waals surface area contributed by atoms with E-state index in [1.807, 2.05) is 11.1 Å². The van der Waals surface area contributed by atoms with Crippen molar-refractivity contribution < 1.29 is 9.59 Å². The highest BCUT2D eigenvalue weighted by atomic mass is 79.9. The molecule has 35 heavy (non-hydrogen) atoms. The zero-order valence-corrected chi connectivity index (χ0v) is 23.5. The highest BCUT2D eigenvalue weighted by Gasteiger charge is 2.36. The average molecular weight is 603 g/mol. The van der Waals surface area contributed by atoms with E-state index >= 15 is 0 Å². The van der Waals surface area contributed by atoms with Crippen molar-refractivity contribution >= 4 is 43.7 Å².